The molecular formula is C12H13ClN4O3. The number of hydrogen-bond acceptors (Lipinski definition) is 5. The fraction of sp³-hybridized carbons (Fsp3) is 0.333. The molecule has 8 heteroatoms. The Kier molecular flexibility index (Phi) is 3.89. The summed E-state index contributed by atoms with van der Waals surface area (Å²) in [7, 11) is 1.72. The predicted octanol–water partition coefficient (Wildman–Crippen LogP) is 2.57. The van der Waals surface area contributed by atoms with Crippen LogP contribution in [0.25, 0.3) is 0 Å². The van der Waals surface area contributed by atoms with Crippen molar-refractivity contribution in [3.63, 3.8) is 0 Å². The largest absolute Gasteiger partial charge is 0.481 e. The zero-order chi connectivity index (χ0) is 14.9. The van der Waals surface area contributed by atoms with Gasteiger partial charge in [0.25, 0.3) is 0 Å². The highest BCUT2D eigenvalue weighted by atomic mass is 35.5. The van der Waals surface area contributed by atoms with Crippen LogP contribution in [0.5, 0.6) is 5.75 Å². The number of nitro groups is 1. The van der Waals surface area contributed by atoms with Gasteiger partial charge in [0, 0.05) is 19.5 Å². The molecule has 7 nitrogen and oxygen atoms in total. The zero-order valence-electron chi connectivity index (χ0n) is 11.3. The summed E-state index contributed by atoms with van der Waals surface area (Å²) in [6.45, 7) is 3.58. The van der Waals surface area contributed by atoms with Crippen molar-refractivity contribution in [2.24, 2.45) is 7.05 Å². The quantitative estimate of drug-likeness (QED) is 0.639. The molecule has 0 saturated carbocycles. The molecule has 2 rings (SSSR count). The van der Waals surface area contributed by atoms with Crippen LogP contribution in [-0.2, 0) is 13.7 Å². The summed E-state index contributed by atoms with van der Waals surface area (Å²) in [5.74, 6) is -0.192. The van der Waals surface area contributed by atoms with Gasteiger partial charge in [-0.15, -0.1) is 0 Å². The van der Waals surface area contributed by atoms with E-state index in [1.165, 1.54) is 10.7 Å². The molecule has 0 aromatic carbocycles. The summed E-state index contributed by atoms with van der Waals surface area (Å²) >= 11 is 6.08. The topological polar surface area (TPSA) is 83.1 Å². The molecule has 2 heterocycles. The van der Waals surface area contributed by atoms with Crippen molar-refractivity contribution in [2.45, 2.75) is 20.5 Å². The molecule has 0 aliphatic carbocycles. The number of hydrogen-bond donors (Lipinski definition) is 0. The van der Waals surface area contributed by atoms with Crippen molar-refractivity contribution < 1.29 is 9.66 Å². The van der Waals surface area contributed by atoms with Crippen LogP contribution in [0.1, 0.15) is 17.0 Å². The van der Waals surface area contributed by atoms with E-state index >= 15 is 0 Å². The first kappa shape index (κ1) is 14.3. The number of ether oxygens (including phenoxy) is 1. The van der Waals surface area contributed by atoms with Gasteiger partial charge < -0.3 is 14.9 Å². The minimum Gasteiger partial charge on any atom is -0.481 e. The van der Waals surface area contributed by atoms with E-state index in [0.717, 1.165) is 5.69 Å². The number of aromatic nitrogens is 3. The lowest BCUT2D eigenvalue weighted by atomic mass is 10.3. The first-order chi connectivity index (χ1) is 9.40. The first-order valence-electron chi connectivity index (χ1n) is 5.83. The van der Waals surface area contributed by atoms with E-state index in [1.54, 1.807) is 27.0 Å². The van der Waals surface area contributed by atoms with Crippen molar-refractivity contribution in [3.8, 4) is 5.75 Å². The predicted molar refractivity (Wildman–Crippen MR) is 72.9 cm³/mol. The lowest BCUT2D eigenvalue weighted by Crippen LogP contribution is -2.02. The fourth-order valence-corrected chi connectivity index (χ4v) is 1.99. The van der Waals surface area contributed by atoms with Crippen LogP contribution in [0.3, 0.4) is 0 Å². The van der Waals surface area contributed by atoms with Crippen molar-refractivity contribution in [2.75, 3.05) is 0 Å². The third kappa shape index (κ3) is 2.72. The van der Waals surface area contributed by atoms with Gasteiger partial charge in [-0.3, -0.25) is 4.68 Å². The molecule has 0 amide bonds. The first-order valence-corrected chi connectivity index (χ1v) is 6.20. The maximum absolute atomic E-state index is 10.9. The maximum Gasteiger partial charge on any atom is 0.406 e. The molecule has 2 aromatic heterocycles. The lowest BCUT2D eigenvalue weighted by Gasteiger charge is -2.06. The van der Waals surface area contributed by atoms with Gasteiger partial charge in [0.1, 0.15) is 17.5 Å². The van der Waals surface area contributed by atoms with Crippen LogP contribution in [0.2, 0.25) is 5.15 Å². The number of halogens is 1. The molecule has 20 heavy (non-hydrogen) atoms. The third-order valence-corrected chi connectivity index (χ3v) is 3.27. The second-order valence-electron chi connectivity index (χ2n) is 4.30. The van der Waals surface area contributed by atoms with Crippen LogP contribution >= 0.6 is 11.6 Å². The Balaban J connectivity index is 2.25. The smallest absolute Gasteiger partial charge is 0.406 e. The molecule has 0 fully saturated rings. The molecule has 106 valence electrons. The van der Waals surface area contributed by atoms with Gasteiger partial charge in [0.05, 0.1) is 5.69 Å². The molecule has 0 aliphatic heterocycles. The van der Waals surface area contributed by atoms with Crippen molar-refractivity contribution in [1.29, 1.82) is 0 Å². The van der Waals surface area contributed by atoms with Crippen LogP contribution in [0, 0.1) is 24.0 Å². The van der Waals surface area contributed by atoms with Crippen molar-refractivity contribution in [3.05, 3.63) is 44.4 Å². The molecule has 0 N–H and O–H groups in total. The average molecular weight is 297 g/mol. The van der Waals surface area contributed by atoms with E-state index < -0.39 is 4.92 Å². The number of aryl methyl sites for hydroxylation is 3. The van der Waals surface area contributed by atoms with Gasteiger partial charge in [0.2, 0.25) is 5.75 Å². The van der Waals surface area contributed by atoms with Crippen LogP contribution in [-0.4, -0.2) is 19.7 Å². The Morgan fingerprint density at radius 2 is 2.15 bits per heavy atom. The maximum atomic E-state index is 10.9. The second kappa shape index (κ2) is 5.46. The standard InChI is InChI=1S/C12H13ClN4O3/c1-7-4-5-10(12(14-7)17(18)19)20-6-9-8(2)15-16(3)11(9)13/h4-5H,6H2,1-3H3. The number of pyridine rings is 1. The fourth-order valence-electron chi connectivity index (χ4n) is 1.76. The van der Waals surface area contributed by atoms with Gasteiger partial charge in [-0.25, -0.2) is 0 Å². The van der Waals surface area contributed by atoms with E-state index in [0.29, 0.717) is 16.4 Å². The number of rotatable bonds is 4. The lowest BCUT2D eigenvalue weighted by molar-refractivity contribution is -0.390. The van der Waals surface area contributed by atoms with Gasteiger partial charge in [-0.1, -0.05) is 11.6 Å². The van der Waals surface area contributed by atoms with Crippen molar-refractivity contribution >= 4 is 17.4 Å². The molecule has 0 saturated heterocycles. The summed E-state index contributed by atoms with van der Waals surface area (Å²) in [5, 5.41) is 15.5. The minimum atomic E-state index is -0.569. The van der Waals surface area contributed by atoms with E-state index in [-0.39, 0.29) is 18.2 Å². The van der Waals surface area contributed by atoms with E-state index in [4.69, 9.17) is 16.3 Å². The molecule has 0 unspecified atom stereocenters. The molecule has 0 bridgehead atoms. The monoisotopic (exact) mass is 296 g/mol. The van der Waals surface area contributed by atoms with Gasteiger partial charge in [0.15, 0.2) is 0 Å². The van der Waals surface area contributed by atoms with Gasteiger partial charge in [-0.2, -0.15) is 5.10 Å². The normalized spacial score (nSPS) is 10.6. The molecule has 2 aromatic rings. The van der Waals surface area contributed by atoms with Crippen LogP contribution in [0.15, 0.2) is 12.1 Å². The molecule has 0 aliphatic rings. The SMILES string of the molecule is Cc1ccc(OCc2c(C)nn(C)c2Cl)c([N+](=O)[O-])n1. The Labute approximate surface area is 120 Å². The molecule has 0 atom stereocenters. The van der Waals surface area contributed by atoms with E-state index in [1.807, 2.05) is 0 Å². The summed E-state index contributed by atoms with van der Waals surface area (Å²) in [6.07, 6.45) is 0. The molecule has 0 spiro atoms. The highest BCUT2D eigenvalue weighted by molar-refractivity contribution is 6.30. The highest BCUT2D eigenvalue weighted by Gasteiger charge is 2.19. The van der Waals surface area contributed by atoms with Crippen molar-refractivity contribution in [1.82, 2.24) is 14.8 Å². The van der Waals surface area contributed by atoms with Crippen LogP contribution < -0.4 is 4.74 Å². The second-order valence-corrected chi connectivity index (χ2v) is 4.66. The summed E-state index contributed by atoms with van der Waals surface area (Å²) in [5.41, 5.74) is 1.98. The Morgan fingerprint density at radius 1 is 1.45 bits per heavy atom. The Bertz CT molecular complexity index is 669. The average Bonchev–Trinajstić information content (AvgIpc) is 2.62. The number of nitrogens with zero attached hydrogens (tertiary/aromatic N) is 4. The van der Waals surface area contributed by atoms with Crippen LogP contribution in [0.4, 0.5) is 5.82 Å². The van der Waals surface area contributed by atoms with Gasteiger partial charge in [-0.05, 0) is 29.0 Å². The minimum absolute atomic E-state index is 0.101. The van der Waals surface area contributed by atoms with Gasteiger partial charge >= 0.3 is 5.82 Å². The summed E-state index contributed by atoms with van der Waals surface area (Å²) in [4.78, 5) is 14.2. The van der Waals surface area contributed by atoms with E-state index in [9.17, 15) is 10.1 Å². The Hall–Kier alpha value is -2.15. The summed E-state index contributed by atoms with van der Waals surface area (Å²) < 4.78 is 7.00. The molecule has 0 radical (unpaired) electrons. The summed E-state index contributed by atoms with van der Waals surface area (Å²) in [6, 6.07) is 3.18. The zero-order valence-corrected chi connectivity index (χ0v) is 12.0. The Morgan fingerprint density at radius 3 is 2.70 bits per heavy atom. The molecular weight excluding hydrogens is 284 g/mol. The third-order valence-electron chi connectivity index (χ3n) is 2.79. The highest BCUT2D eigenvalue weighted by Crippen LogP contribution is 2.27. The van der Waals surface area contributed by atoms with E-state index in [2.05, 4.69) is 10.1 Å².